The van der Waals surface area contributed by atoms with Crippen LogP contribution in [-0.2, 0) is 0 Å². The Balaban J connectivity index is 1.21. The lowest BCUT2D eigenvalue weighted by molar-refractivity contribution is 0.781. The molecular weight excluding hydrogens is 623 g/mol. The van der Waals surface area contributed by atoms with E-state index in [1.54, 1.807) is 0 Å². The quantitative estimate of drug-likeness (QED) is 0.185. The number of benzene rings is 5. The standard InChI is InChI=1S/C46H33N5/c1-4-14-30(15-5-1)45-47-39-22-12-10-20-37(39)43(49-45)32-24-26-35-36-27-25-33(29-42(36)51(41(35)28-32)34-18-8-3-9-19-34)44-38-21-11-13-23-40(38)48-46(50-44)31-16-6-2-7-17-31/h1-10,12,14,16-30H,11,13,15H2. The second-order valence-corrected chi connectivity index (χ2v) is 13.3. The maximum Gasteiger partial charge on any atom is 0.160 e. The number of aromatic nitrogens is 5. The van der Waals surface area contributed by atoms with Crippen LogP contribution in [0.1, 0.15) is 31.0 Å². The number of nitrogens with zero attached hydrogens (tertiary/aromatic N) is 5. The fraction of sp³-hybridized carbons (Fsp3) is 0.0870. The number of hydrogen-bond donors (Lipinski definition) is 0. The number of fused-ring (bicyclic) bond motifs is 5. The first-order chi connectivity index (χ1) is 25.3. The molecule has 0 fully saturated rings. The zero-order valence-corrected chi connectivity index (χ0v) is 27.9. The van der Waals surface area contributed by atoms with Crippen molar-refractivity contribution in [2.75, 3.05) is 0 Å². The predicted octanol–water partition coefficient (Wildman–Crippen LogP) is 9.47. The van der Waals surface area contributed by atoms with Crippen LogP contribution in [0.5, 0.6) is 0 Å². The second kappa shape index (κ2) is 12.1. The summed E-state index contributed by atoms with van der Waals surface area (Å²) in [7, 11) is 0. The zero-order valence-electron chi connectivity index (χ0n) is 27.9. The average Bonchev–Trinajstić information content (AvgIpc) is 3.54. The summed E-state index contributed by atoms with van der Waals surface area (Å²) in [5.74, 6) is 1.76. The van der Waals surface area contributed by atoms with Gasteiger partial charge in [0, 0.05) is 49.7 Å². The Morgan fingerprint density at radius 1 is 0.549 bits per heavy atom. The molecule has 2 aliphatic rings. The summed E-state index contributed by atoms with van der Waals surface area (Å²) in [4.78, 5) is 20.5. The molecule has 0 N–H and O–H groups in total. The van der Waals surface area contributed by atoms with E-state index in [4.69, 9.17) is 19.9 Å². The van der Waals surface area contributed by atoms with Crippen LogP contribution in [0.2, 0.25) is 0 Å². The molecule has 0 saturated carbocycles. The van der Waals surface area contributed by atoms with Crippen molar-refractivity contribution >= 4 is 44.9 Å². The Bertz CT molecular complexity index is 2830. The lowest BCUT2D eigenvalue weighted by Crippen LogP contribution is -2.33. The Labute approximate surface area is 295 Å². The summed E-state index contributed by atoms with van der Waals surface area (Å²) in [5.41, 5.74) is 9.42. The van der Waals surface area contributed by atoms with Gasteiger partial charge >= 0.3 is 0 Å². The van der Waals surface area contributed by atoms with Gasteiger partial charge in [0.25, 0.3) is 0 Å². The molecule has 3 heterocycles. The molecule has 1 atom stereocenters. The molecule has 0 bridgehead atoms. The maximum atomic E-state index is 5.26. The lowest BCUT2D eigenvalue weighted by atomic mass is 9.98. The summed E-state index contributed by atoms with van der Waals surface area (Å²) in [5, 5.41) is 5.56. The van der Waals surface area contributed by atoms with Crippen molar-refractivity contribution in [1.82, 2.24) is 24.5 Å². The SMILES string of the molecule is C1=CCC(c2nc(-c3ccc4c5ccc(-c6nc(-c7ccccc7)nc7c6=CCCC=7)cc5n(-c5ccccc5)c4c3)c3ccccc3n2)C=C1. The van der Waals surface area contributed by atoms with E-state index in [2.05, 4.69) is 144 Å². The third-order valence-corrected chi connectivity index (χ3v) is 10.1. The molecule has 2 aliphatic carbocycles. The molecule has 51 heavy (non-hydrogen) atoms. The lowest BCUT2D eigenvalue weighted by Gasteiger charge is -2.15. The van der Waals surface area contributed by atoms with Gasteiger partial charge in [-0.15, -0.1) is 0 Å². The Kier molecular flexibility index (Phi) is 7.02. The maximum absolute atomic E-state index is 5.26. The summed E-state index contributed by atoms with van der Waals surface area (Å²) >= 11 is 0. The molecule has 0 radical (unpaired) electrons. The van der Waals surface area contributed by atoms with Crippen molar-refractivity contribution in [2.24, 2.45) is 0 Å². The Morgan fingerprint density at radius 3 is 2.02 bits per heavy atom. The fourth-order valence-corrected chi connectivity index (χ4v) is 7.65. The molecule has 242 valence electrons. The fourth-order valence-electron chi connectivity index (χ4n) is 7.65. The number of allylic oxidation sites excluding steroid dienone is 4. The smallest absolute Gasteiger partial charge is 0.160 e. The van der Waals surface area contributed by atoms with Crippen molar-refractivity contribution in [2.45, 2.75) is 25.2 Å². The van der Waals surface area contributed by atoms with Crippen LogP contribution in [-0.4, -0.2) is 24.5 Å². The van der Waals surface area contributed by atoms with Crippen molar-refractivity contribution in [3.05, 3.63) is 162 Å². The van der Waals surface area contributed by atoms with Crippen molar-refractivity contribution in [3.63, 3.8) is 0 Å². The molecule has 5 heteroatoms. The highest BCUT2D eigenvalue weighted by Gasteiger charge is 2.20. The largest absolute Gasteiger partial charge is 0.309 e. The number of hydrogen-bond acceptors (Lipinski definition) is 4. The van der Waals surface area contributed by atoms with Crippen molar-refractivity contribution in [1.29, 1.82) is 0 Å². The molecule has 5 aromatic carbocycles. The second-order valence-electron chi connectivity index (χ2n) is 13.3. The summed E-state index contributed by atoms with van der Waals surface area (Å²) < 4.78 is 2.39. The molecule has 0 amide bonds. The molecule has 5 nitrogen and oxygen atoms in total. The van der Waals surface area contributed by atoms with Crippen LogP contribution in [0.25, 0.3) is 84.5 Å². The summed E-state index contributed by atoms with van der Waals surface area (Å²) in [6.45, 7) is 0. The Morgan fingerprint density at radius 2 is 1.25 bits per heavy atom. The van der Waals surface area contributed by atoms with E-state index in [1.807, 2.05) is 18.2 Å². The van der Waals surface area contributed by atoms with E-state index < -0.39 is 0 Å². The van der Waals surface area contributed by atoms with E-state index in [9.17, 15) is 0 Å². The minimum atomic E-state index is 0.154. The zero-order chi connectivity index (χ0) is 33.7. The van der Waals surface area contributed by atoms with Gasteiger partial charge in [0.15, 0.2) is 5.82 Å². The first-order valence-corrected chi connectivity index (χ1v) is 17.7. The topological polar surface area (TPSA) is 56.5 Å². The Hall–Kier alpha value is -6.46. The van der Waals surface area contributed by atoms with E-state index >= 15 is 0 Å². The van der Waals surface area contributed by atoms with Gasteiger partial charge in [0.05, 0.1) is 33.3 Å². The van der Waals surface area contributed by atoms with Gasteiger partial charge in [-0.1, -0.05) is 127 Å². The molecule has 1 unspecified atom stereocenters. The van der Waals surface area contributed by atoms with Gasteiger partial charge < -0.3 is 4.57 Å². The first-order valence-electron chi connectivity index (χ1n) is 17.7. The molecule has 0 aliphatic heterocycles. The first kappa shape index (κ1) is 29.5. The number of para-hydroxylation sites is 2. The minimum Gasteiger partial charge on any atom is -0.309 e. The van der Waals surface area contributed by atoms with E-state index in [1.165, 1.54) is 10.8 Å². The normalized spacial score (nSPS) is 15.2. The van der Waals surface area contributed by atoms with Gasteiger partial charge in [-0.3, -0.25) is 0 Å². The average molecular weight is 656 g/mol. The number of rotatable bonds is 5. The van der Waals surface area contributed by atoms with Crippen LogP contribution in [0.15, 0.2) is 146 Å². The van der Waals surface area contributed by atoms with E-state index in [0.717, 1.165) is 97.2 Å². The molecule has 0 saturated heterocycles. The van der Waals surface area contributed by atoms with Crippen LogP contribution < -0.4 is 10.6 Å². The highest BCUT2D eigenvalue weighted by Crippen LogP contribution is 2.38. The van der Waals surface area contributed by atoms with Crippen LogP contribution in [0, 0.1) is 0 Å². The molecule has 0 spiro atoms. The van der Waals surface area contributed by atoms with Crippen LogP contribution in [0.4, 0.5) is 0 Å². The monoisotopic (exact) mass is 655 g/mol. The van der Waals surface area contributed by atoms with Crippen LogP contribution in [0.3, 0.4) is 0 Å². The molecule has 8 aromatic rings. The van der Waals surface area contributed by atoms with Gasteiger partial charge in [0.2, 0.25) is 0 Å². The van der Waals surface area contributed by atoms with Gasteiger partial charge in [0.1, 0.15) is 5.82 Å². The highest BCUT2D eigenvalue weighted by atomic mass is 15.0. The van der Waals surface area contributed by atoms with E-state index in [-0.39, 0.29) is 5.92 Å². The van der Waals surface area contributed by atoms with Crippen molar-refractivity contribution in [3.8, 4) is 39.6 Å². The van der Waals surface area contributed by atoms with E-state index in [0.29, 0.717) is 0 Å². The highest BCUT2D eigenvalue weighted by molar-refractivity contribution is 6.11. The summed E-state index contributed by atoms with van der Waals surface area (Å²) in [6.07, 6.45) is 16.0. The third kappa shape index (κ3) is 5.09. The van der Waals surface area contributed by atoms with Crippen molar-refractivity contribution < 1.29 is 0 Å². The summed E-state index contributed by atoms with van der Waals surface area (Å²) in [6, 6.07) is 42.9. The minimum absolute atomic E-state index is 0.154. The van der Waals surface area contributed by atoms with Gasteiger partial charge in [-0.05, 0) is 49.6 Å². The molecule has 3 aromatic heterocycles. The molecular formula is C46H33N5. The molecule has 10 rings (SSSR count). The van der Waals surface area contributed by atoms with Gasteiger partial charge in [-0.25, -0.2) is 19.9 Å². The third-order valence-electron chi connectivity index (χ3n) is 10.1. The predicted molar refractivity (Wildman–Crippen MR) is 209 cm³/mol. The van der Waals surface area contributed by atoms with Crippen LogP contribution >= 0.6 is 0 Å². The van der Waals surface area contributed by atoms with Gasteiger partial charge in [-0.2, -0.15) is 0 Å².